The Bertz CT molecular complexity index is 100. The minimum Gasteiger partial charge on any atom is -0.302 e. The van der Waals surface area contributed by atoms with Crippen LogP contribution in [0.15, 0.2) is 0 Å². The van der Waals surface area contributed by atoms with E-state index in [9.17, 15) is 4.79 Å². The molecule has 2 nitrogen and oxygen atoms in total. The second kappa shape index (κ2) is 8.43. The highest BCUT2D eigenvalue weighted by molar-refractivity contribution is 7.99. The Balaban J connectivity index is 3.14. The summed E-state index contributed by atoms with van der Waals surface area (Å²) in [6, 6.07) is -0.0808. The molecule has 1 atom stereocenters. The highest BCUT2D eigenvalue weighted by Crippen LogP contribution is 1.99. The van der Waals surface area contributed by atoms with Crippen LogP contribution in [0.2, 0.25) is 0 Å². The van der Waals surface area contributed by atoms with Crippen LogP contribution in [0.3, 0.4) is 0 Å². The fourth-order valence-corrected chi connectivity index (χ4v) is 1.52. The van der Waals surface area contributed by atoms with Gasteiger partial charge in [0.2, 0.25) is 0 Å². The molecular formula is C7H15NOS2. The van der Waals surface area contributed by atoms with Crippen molar-refractivity contribution in [2.45, 2.75) is 19.4 Å². The van der Waals surface area contributed by atoms with Gasteiger partial charge >= 0.3 is 0 Å². The quantitative estimate of drug-likeness (QED) is 0.275. The summed E-state index contributed by atoms with van der Waals surface area (Å²) in [6.07, 6.45) is 2.08. The summed E-state index contributed by atoms with van der Waals surface area (Å²) < 4.78 is 0. The molecule has 4 heteroatoms. The van der Waals surface area contributed by atoms with Crippen molar-refractivity contribution in [3.63, 3.8) is 0 Å². The zero-order valence-corrected chi connectivity index (χ0v) is 8.46. The minimum absolute atomic E-state index is 0.0808. The third-order valence-electron chi connectivity index (χ3n) is 1.16. The first-order valence-electron chi connectivity index (χ1n) is 3.72. The summed E-state index contributed by atoms with van der Waals surface area (Å²) >= 11 is 5.83. The summed E-state index contributed by atoms with van der Waals surface area (Å²) in [5, 5.41) is 3.07. The molecule has 11 heavy (non-hydrogen) atoms. The van der Waals surface area contributed by atoms with Gasteiger partial charge < -0.3 is 4.79 Å². The molecule has 0 heterocycles. The van der Waals surface area contributed by atoms with Crippen LogP contribution in [-0.2, 0) is 4.79 Å². The maximum atomic E-state index is 10.3. The van der Waals surface area contributed by atoms with Crippen LogP contribution in [0.5, 0.6) is 0 Å². The molecule has 0 rings (SSSR count). The normalized spacial score (nSPS) is 12.9. The predicted octanol–water partition coefficient (Wildman–Crippen LogP) is 1.17. The Morgan fingerprint density at radius 1 is 1.73 bits per heavy atom. The fraction of sp³-hybridized carbons (Fsp3) is 0.857. The zero-order valence-electron chi connectivity index (χ0n) is 6.75. The molecule has 0 aromatic heterocycles. The lowest BCUT2D eigenvalue weighted by Gasteiger charge is -2.07. The molecule has 0 unspecified atom stereocenters. The van der Waals surface area contributed by atoms with Gasteiger partial charge in [-0.05, 0) is 12.2 Å². The second-order valence-corrected chi connectivity index (χ2v) is 3.65. The third kappa shape index (κ3) is 6.72. The Hall–Kier alpha value is 0.330. The van der Waals surface area contributed by atoms with Crippen LogP contribution in [0.1, 0.15) is 13.3 Å². The van der Waals surface area contributed by atoms with E-state index in [2.05, 4.69) is 24.9 Å². The minimum atomic E-state index is -0.0808. The number of carbonyl (C=O) groups excluding carboxylic acids is 1. The molecule has 0 spiro atoms. The lowest BCUT2D eigenvalue weighted by atomic mass is 10.4. The first-order valence-corrected chi connectivity index (χ1v) is 5.51. The van der Waals surface area contributed by atoms with Crippen LogP contribution in [0.4, 0.5) is 0 Å². The first kappa shape index (κ1) is 11.3. The molecule has 66 valence electrons. The molecule has 0 saturated carbocycles. The molecule has 1 N–H and O–H groups in total. The van der Waals surface area contributed by atoms with Crippen molar-refractivity contribution < 1.29 is 4.79 Å². The van der Waals surface area contributed by atoms with Crippen LogP contribution in [-0.4, -0.2) is 29.7 Å². The Kier molecular flexibility index (Phi) is 8.68. The number of nitrogens with one attached hydrogen (secondary N) is 1. The second-order valence-electron chi connectivity index (χ2n) is 2.18. The largest absolute Gasteiger partial charge is 0.302 e. The van der Waals surface area contributed by atoms with E-state index in [1.807, 2.05) is 11.8 Å². The van der Waals surface area contributed by atoms with Crippen molar-refractivity contribution in [2.75, 3.05) is 17.4 Å². The van der Waals surface area contributed by atoms with E-state index in [1.165, 1.54) is 6.42 Å². The van der Waals surface area contributed by atoms with Crippen molar-refractivity contribution in [3.05, 3.63) is 0 Å². The summed E-state index contributed by atoms with van der Waals surface area (Å²) in [5.74, 6) is 2.57. The van der Waals surface area contributed by atoms with Crippen LogP contribution in [0, 0.1) is 0 Å². The maximum absolute atomic E-state index is 10.3. The number of aldehydes is 1. The molecule has 0 fully saturated rings. The van der Waals surface area contributed by atoms with Gasteiger partial charge in [0.1, 0.15) is 6.29 Å². The maximum Gasteiger partial charge on any atom is 0.137 e. The Morgan fingerprint density at radius 3 is 2.91 bits per heavy atom. The monoisotopic (exact) mass is 193 g/mol. The summed E-state index contributed by atoms with van der Waals surface area (Å²) in [5.41, 5.74) is 0. The average Bonchev–Trinajstić information content (AvgIpc) is 2.05. The van der Waals surface area contributed by atoms with Crippen molar-refractivity contribution in [1.82, 2.24) is 5.32 Å². The van der Waals surface area contributed by atoms with E-state index < -0.39 is 0 Å². The standard InChI is InChI=1S/C7H15NOS2/c1-2-3-11-6-8-7(4-9)5-10/h4,7-8,10H,2-3,5-6H2,1H3/t7-/m1/s1. The number of thioether (sulfide) groups is 1. The molecule has 0 aliphatic rings. The topological polar surface area (TPSA) is 29.1 Å². The molecule has 0 aliphatic carbocycles. The van der Waals surface area contributed by atoms with E-state index >= 15 is 0 Å². The number of thiol groups is 1. The molecule has 0 amide bonds. The summed E-state index contributed by atoms with van der Waals surface area (Å²) in [4.78, 5) is 10.3. The molecule has 0 aromatic rings. The third-order valence-corrected chi connectivity index (χ3v) is 2.62. The van der Waals surface area contributed by atoms with Gasteiger partial charge in [0.25, 0.3) is 0 Å². The van der Waals surface area contributed by atoms with Gasteiger partial charge in [0.15, 0.2) is 0 Å². The van der Waals surface area contributed by atoms with Crippen LogP contribution < -0.4 is 5.32 Å². The summed E-state index contributed by atoms with van der Waals surface area (Å²) in [6.45, 7) is 2.14. The van der Waals surface area contributed by atoms with E-state index in [-0.39, 0.29) is 6.04 Å². The van der Waals surface area contributed by atoms with E-state index in [0.29, 0.717) is 5.75 Å². The fourth-order valence-electron chi connectivity index (χ4n) is 0.538. The molecule has 0 aromatic carbocycles. The highest BCUT2D eigenvalue weighted by Gasteiger charge is 2.01. The number of hydrogen-bond acceptors (Lipinski definition) is 4. The number of hydrogen-bond donors (Lipinski definition) is 2. The first-order chi connectivity index (χ1) is 5.35. The van der Waals surface area contributed by atoms with Crippen LogP contribution in [0.25, 0.3) is 0 Å². The predicted molar refractivity (Wildman–Crippen MR) is 54.5 cm³/mol. The van der Waals surface area contributed by atoms with E-state index in [4.69, 9.17) is 0 Å². The van der Waals surface area contributed by atoms with Crippen molar-refractivity contribution in [1.29, 1.82) is 0 Å². The molecule has 0 bridgehead atoms. The van der Waals surface area contributed by atoms with Crippen molar-refractivity contribution in [2.24, 2.45) is 0 Å². The Labute approximate surface area is 77.9 Å². The SMILES string of the molecule is CCCSCN[C@H](C=O)CS. The molecule has 0 saturated heterocycles. The van der Waals surface area contributed by atoms with E-state index in [1.54, 1.807) is 0 Å². The molecule has 0 radical (unpaired) electrons. The Morgan fingerprint density at radius 2 is 2.45 bits per heavy atom. The zero-order chi connectivity index (χ0) is 8.53. The van der Waals surface area contributed by atoms with Gasteiger partial charge in [-0.1, -0.05) is 6.92 Å². The summed E-state index contributed by atoms with van der Waals surface area (Å²) in [7, 11) is 0. The van der Waals surface area contributed by atoms with Gasteiger partial charge in [-0.3, -0.25) is 5.32 Å². The lowest BCUT2D eigenvalue weighted by Crippen LogP contribution is -2.31. The molecular weight excluding hydrogens is 178 g/mol. The van der Waals surface area contributed by atoms with Gasteiger partial charge in [-0.2, -0.15) is 12.6 Å². The van der Waals surface area contributed by atoms with Gasteiger partial charge in [-0.15, -0.1) is 11.8 Å². The lowest BCUT2D eigenvalue weighted by molar-refractivity contribution is -0.109. The molecule has 0 aliphatic heterocycles. The number of rotatable bonds is 7. The van der Waals surface area contributed by atoms with Gasteiger partial charge in [-0.25, -0.2) is 0 Å². The van der Waals surface area contributed by atoms with Crippen LogP contribution >= 0.6 is 24.4 Å². The smallest absolute Gasteiger partial charge is 0.137 e. The number of carbonyl (C=O) groups is 1. The van der Waals surface area contributed by atoms with Crippen molar-refractivity contribution >= 4 is 30.7 Å². The van der Waals surface area contributed by atoms with Gasteiger partial charge in [0.05, 0.1) is 6.04 Å². The van der Waals surface area contributed by atoms with Gasteiger partial charge in [0, 0.05) is 11.6 Å². The van der Waals surface area contributed by atoms with Crippen molar-refractivity contribution in [3.8, 4) is 0 Å². The average molecular weight is 193 g/mol. The van der Waals surface area contributed by atoms with E-state index in [0.717, 1.165) is 17.9 Å². The highest BCUT2D eigenvalue weighted by atomic mass is 32.2.